The van der Waals surface area contributed by atoms with Gasteiger partial charge in [-0.3, -0.25) is 4.90 Å². The van der Waals surface area contributed by atoms with Gasteiger partial charge in [-0.1, -0.05) is 0 Å². The van der Waals surface area contributed by atoms with Crippen molar-refractivity contribution in [2.45, 2.75) is 57.8 Å². The van der Waals surface area contributed by atoms with Crippen LogP contribution < -0.4 is 0 Å². The molecule has 4 nitrogen and oxygen atoms in total. The van der Waals surface area contributed by atoms with Crippen molar-refractivity contribution in [2.75, 3.05) is 26.3 Å². The highest BCUT2D eigenvalue weighted by Gasteiger charge is 2.25. The van der Waals surface area contributed by atoms with Crippen LogP contribution in [0.3, 0.4) is 0 Å². The van der Waals surface area contributed by atoms with Crippen molar-refractivity contribution in [3.8, 4) is 0 Å². The molecule has 2 unspecified atom stereocenters. The lowest BCUT2D eigenvalue weighted by molar-refractivity contribution is -0.0106. The van der Waals surface area contributed by atoms with E-state index in [0.29, 0.717) is 19.2 Å². The molecule has 102 valence electrons. The summed E-state index contributed by atoms with van der Waals surface area (Å²) in [4.78, 5) is 2.34. The van der Waals surface area contributed by atoms with E-state index in [9.17, 15) is 5.11 Å². The first-order chi connectivity index (χ1) is 8.13. The summed E-state index contributed by atoms with van der Waals surface area (Å²) >= 11 is 0. The van der Waals surface area contributed by atoms with Crippen LogP contribution in [0.4, 0.5) is 0 Å². The Labute approximate surface area is 105 Å². The van der Waals surface area contributed by atoms with E-state index in [4.69, 9.17) is 9.84 Å². The van der Waals surface area contributed by atoms with E-state index in [1.807, 2.05) is 13.8 Å². The SMILES string of the molecule is CC(C)OCC(O)CN1CCCC1CCCO. The van der Waals surface area contributed by atoms with Gasteiger partial charge < -0.3 is 14.9 Å². The second-order valence-corrected chi connectivity index (χ2v) is 5.19. The van der Waals surface area contributed by atoms with Gasteiger partial charge in [-0.2, -0.15) is 0 Å². The van der Waals surface area contributed by atoms with Gasteiger partial charge >= 0.3 is 0 Å². The Morgan fingerprint density at radius 3 is 2.82 bits per heavy atom. The summed E-state index contributed by atoms with van der Waals surface area (Å²) in [5.41, 5.74) is 0. The van der Waals surface area contributed by atoms with Gasteiger partial charge in [-0.25, -0.2) is 0 Å². The number of hydrogen-bond donors (Lipinski definition) is 2. The number of rotatable bonds is 8. The van der Waals surface area contributed by atoms with E-state index in [2.05, 4.69) is 4.90 Å². The fourth-order valence-electron chi connectivity index (χ4n) is 2.42. The third-order valence-electron chi connectivity index (χ3n) is 3.26. The van der Waals surface area contributed by atoms with Crippen LogP contribution in [0.25, 0.3) is 0 Å². The highest BCUT2D eigenvalue weighted by Crippen LogP contribution is 2.21. The van der Waals surface area contributed by atoms with E-state index in [-0.39, 0.29) is 12.7 Å². The Bertz CT molecular complexity index is 199. The summed E-state index contributed by atoms with van der Waals surface area (Å²) in [6, 6.07) is 0.538. The molecule has 1 rings (SSSR count). The maximum atomic E-state index is 9.89. The van der Waals surface area contributed by atoms with Crippen molar-refractivity contribution in [2.24, 2.45) is 0 Å². The Kier molecular flexibility index (Phi) is 7.04. The number of likely N-dealkylation sites (tertiary alicyclic amines) is 1. The molecule has 0 aliphatic carbocycles. The van der Waals surface area contributed by atoms with Gasteiger partial charge in [-0.15, -0.1) is 0 Å². The molecule has 0 spiro atoms. The quantitative estimate of drug-likeness (QED) is 0.670. The van der Waals surface area contributed by atoms with E-state index in [1.165, 1.54) is 12.8 Å². The maximum absolute atomic E-state index is 9.89. The molecule has 0 aromatic rings. The van der Waals surface area contributed by atoms with Crippen molar-refractivity contribution in [3.05, 3.63) is 0 Å². The summed E-state index contributed by atoms with van der Waals surface area (Å²) < 4.78 is 5.41. The van der Waals surface area contributed by atoms with Crippen molar-refractivity contribution in [1.82, 2.24) is 4.90 Å². The van der Waals surface area contributed by atoms with Crippen LogP contribution in [0.1, 0.15) is 39.5 Å². The molecule has 0 aromatic heterocycles. The largest absolute Gasteiger partial charge is 0.396 e. The van der Waals surface area contributed by atoms with Crippen LogP contribution in [-0.2, 0) is 4.74 Å². The van der Waals surface area contributed by atoms with Crippen LogP contribution in [0.15, 0.2) is 0 Å². The zero-order valence-corrected chi connectivity index (χ0v) is 11.1. The smallest absolute Gasteiger partial charge is 0.0900 e. The molecule has 2 N–H and O–H groups in total. The number of hydrogen-bond acceptors (Lipinski definition) is 4. The molecular weight excluding hydrogens is 218 g/mol. The minimum Gasteiger partial charge on any atom is -0.396 e. The average molecular weight is 245 g/mol. The van der Waals surface area contributed by atoms with Crippen LogP contribution in [0, 0.1) is 0 Å². The van der Waals surface area contributed by atoms with Crippen LogP contribution in [0.5, 0.6) is 0 Å². The number of aliphatic hydroxyl groups excluding tert-OH is 2. The number of aliphatic hydroxyl groups is 2. The summed E-state index contributed by atoms with van der Waals surface area (Å²) in [7, 11) is 0. The normalized spacial score (nSPS) is 23.5. The second-order valence-electron chi connectivity index (χ2n) is 5.19. The van der Waals surface area contributed by atoms with Crippen molar-refractivity contribution < 1.29 is 14.9 Å². The molecule has 1 fully saturated rings. The minimum absolute atomic E-state index is 0.174. The Balaban J connectivity index is 2.23. The Morgan fingerprint density at radius 1 is 1.41 bits per heavy atom. The van der Waals surface area contributed by atoms with Gasteiger partial charge in [0.25, 0.3) is 0 Å². The summed E-state index contributed by atoms with van der Waals surface area (Å²) in [6.45, 7) is 6.40. The summed E-state index contributed by atoms with van der Waals surface area (Å²) in [5, 5.41) is 18.7. The van der Waals surface area contributed by atoms with E-state index >= 15 is 0 Å². The fraction of sp³-hybridized carbons (Fsp3) is 1.00. The Hall–Kier alpha value is -0.160. The molecule has 0 bridgehead atoms. The third-order valence-corrected chi connectivity index (χ3v) is 3.26. The molecule has 1 saturated heterocycles. The van der Waals surface area contributed by atoms with Crippen molar-refractivity contribution in [1.29, 1.82) is 0 Å². The molecule has 0 amide bonds. The summed E-state index contributed by atoms with van der Waals surface area (Å²) in [6.07, 6.45) is 4.07. The van der Waals surface area contributed by atoms with E-state index < -0.39 is 6.10 Å². The predicted octanol–water partition coefficient (Wildman–Crippen LogP) is 1.01. The molecule has 1 heterocycles. The van der Waals surface area contributed by atoms with Gasteiger partial charge in [0.2, 0.25) is 0 Å². The van der Waals surface area contributed by atoms with Gasteiger partial charge in [0, 0.05) is 19.2 Å². The average Bonchev–Trinajstić information content (AvgIpc) is 2.71. The lowest BCUT2D eigenvalue weighted by atomic mass is 10.1. The fourth-order valence-corrected chi connectivity index (χ4v) is 2.42. The Morgan fingerprint density at radius 2 is 2.18 bits per heavy atom. The van der Waals surface area contributed by atoms with Gasteiger partial charge in [0.05, 0.1) is 18.8 Å². The molecule has 0 aromatic carbocycles. The first-order valence-corrected chi connectivity index (χ1v) is 6.78. The van der Waals surface area contributed by atoms with Gasteiger partial charge in [0.15, 0.2) is 0 Å². The van der Waals surface area contributed by atoms with Crippen LogP contribution >= 0.6 is 0 Å². The first-order valence-electron chi connectivity index (χ1n) is 6.78. The molecule has 1 aliphatic heterocycles. The molecule has 4 heteroatoms. The monoisotopic (exact) mass is 245 g/mol. The van der Waals surface area contributed by atoms with Gasteiger partial charge in [-0.05, 0) is 46.1 Å². The topological polar surface area (TPSA) is 52.9 Å². The standard InChI is InChI=1S/C13H27NO3/c1-11(2)17-10-13(16)9-14-7-3-5-12(14)6-4-8-15/h11-13,15-16H,3-10H2,1-2H3. The lowest BCUT2D eigenvalue weighted by Gasteiger charge is -2.27. The van der Waals surface area contributed by atoms with Crippen molar-refractivity contribution in [3.63, 3.8) is 0 Å². The highest BCUT2D eigenvalue weighted by atomic mass is 16.5. The first kappa shape index (κ1) is 14.9. The predicted molar refractivity (Wildman–Crippen MR) is 68.0 cm³/mol. The van der Waals surface area contributed by atoms with Gasteiger partial charge in [0.1, 0.15) is 0 Å². The van der Waals surface area contributed by atoms with E-state index in [0.717, 1.165) is 19.4 Å². The van der Waals surface area contributed by atoms with E-state index in [1.54, 1.807) is 0 Å². The molecule has 0 saturated carbocycles. The maximum Gasteiger partial charge on any atom is 0.0900 e. The lowest BCUT2D eigenvalue weighted by Crippen LogP contribution is -2.38. The molecule has 2 atom stereocenters. The molecular formula is C13H27NO3. The van der Waals surface area contributed by atoms with Crippen LogP contribution in [-0.4, -0.2) is 59.7 Å². The highest BCUT2D eigenvalue weighted by molar-refractivity contribution is 4.80. The van der Waals surface area contributed by atoms with Crippen molar-refractivity contribution >= 4 is 0 Å². The number of ether oxygens (including phenoxy) is 1. The molecule has 1 aliphatic rings. The number of nitrogens with zero attached hydrogens (tertiary/aromatic N) is 1. The second kappa shape index (κ2) is 8.03. The molecule has 17 heavy (non-hydrogen) atoms. The van der Waals surface area contributed by atoms with Crippen LogP contribution in [0.2, 0.25) is 0 Å². The number of β-amino-alcohol motifs (C(OH)–C–C–N with tert-alkyl or cyclic N) is 1. The summed E-state index contributed by atoms with van der Waals surface area (Å²) in [5.74, 6) is 0. The zero-order chi connectivity index (χ0) is 12.7. The minimum atomic E-state index is -0.396. The third kappa shape index (κ3) is 5.82. The molecule has 0 radical (unpaired) electrons. The zero-order valence-electron chi connectivity index (χ0n) is 11.1.